The van der Waals surface area contributed by atoms with Crippen molar-refractivity contribution in [1.82, 2.24) is 10.0 Å². The first kappa shape index (κ1) is 29.3. The highest BCUT2D eigenvalue weighted by atomic mass is 32.2. The Morgan fingerprint density at radius 3 is 2.52 bits per heavy atom. The second kappa shape index (κ2) is 13.1. The van der Waals surface area contributed by atoms with E-state index in [9.17, 15) is 13.2 Å². The molecule has 0 bridgehead atoms. The number of fused-ring (bicyclic) bond motifs is 2. The highest BCUT2D eigenvalue weighted by molar-refractivity contribution is 7.89. The van der Waals surface area contributed by atoms with Crippen molar-refractivity contribution in [3.05, 3.63) is 66.0 Å². The Morgan fingerprint density at radius 2 is 1.77 bits per heavy atom. The van der Waals surface area contributed by atoms with E-state index in [1.165, 1.54) is 0 Å². The number of hydrogen-bond acceptors (Lipinski definition) is 6. The highest BCUT2D eigenvalue weighted by Crippen LogP contribution is 2.42. The van der Waals surface area contributed by atoms with Gasteiger partial charge in [0.15, 0.2) is 0 Å². The predicted molar refractivity (Wildman–Crippen MR) is 161 cm³/mol. The molecule has 0 saturated carbocycles. The zero-order valence-corrected chi connectivity index (χ0v) is 24.4. The standard InChI is InChI=1S/C31H38N4O4S/c1-5-21(4)31(36)34-17-10-18-35-40(37,38)29-12-9-8-11-26(29)30-24-15-13-22(32-6-2)19-27(24)39-28-20-23(33-7-3)14-16-25(28)30/h8-9,11-16,19-21,32,35H,5-7,10,17-18H2,1-4H3,(H,34,36)/b33-23+. The van der Waals surface area contributed by atoms with Gasteiger partial charge in [-0.1, -0.05) is 32.0 Å². The summed E-state index contributed by atoms with van der Waals surface area (Å²) in [4.78, 5) is 16.7. The maximum Gasteiger partial charge on any atom is 0.241 e. The molecule has 0 aromatic heterocycles. The van der Waals surface area contributed by atoms with Crippen LogP contribution < -0.4 is 20.7 Å². The number of sulfonamides is 1. The van der Waals surface area contributed by atoms with Gasteiger partial charge in [-0.05, 0) is 57.0 Å². The molecule has 0 radical (unpaired) electrons. The van der Waals surface area contributed by atoms with Crippen molar-refractivity contribution in [3.8, 4) is 22.5 Å². The molecule has 1 heterocycles. The number of carbonyl (C=O) groups is 1. The van der Waals surface area contributed by atoms with Gasteiger partial charge >= 0.3 is 0 Å². The lowest BCUT2D eigenvalue weighted by molar-refractivity contribution is -0.124. The van der Waals surface area contributed by atoms with E-state index < -0.39 is 10.0 Å². The van der Waals surface area contributed by atoms with Gasteiger partial charge in [0.05, 0.1) is 10.3 Å². The molecule has 9 heteroatoms. The molecular formula is C31H38N4O4S. The number of benzene rings is 3. The average Bonchev–Trinajstić information content (AvgIpc) is 2.95. The van der Waals surface area contributed by atoms with Crippen LogP contribution in [0.25, 0.3) is 33.4 Å². The van der Waals surface area contributed by atoms with Crippen molar-refractivity contribution < 1.29 is 17.6 Å². The quantitative estimate of drug-likeness (QED) is 0.158. The van der Waals surface area contributed by atoms with E-state index in [0.717, 1.165) is 40.5 Å². The van der Waals surface area contributed by atoms with Crippen LogP contribution in [0.3, 0.4) is 0 Å². The number of nitrogens with zero attached hydrogens (tertiary/aromatic N) is 1. The summed E-state index contributed by atoms with van der Waals surface area (Å²) in [5, 5.41) is 7.79. The number of carbonyl (C=O) groups excluding carboxylic acids is 1. The van der Waals surface area contributed by atoms with Gasteiger partial charge in [-0.25, -0.2) is 13.1 Å². The molecule has 0 saturated heterocycles. The van der Waals surface area contributed by atoms with E-state index in [1.54, 1.807) is 12.1 Å². The van der Waals surface area contributed by atoms with Gasteiger partial charge in [-0.3, -0.25) is 9.79 Å². The van der Waals surface area contributed by atoms with Crippen LogP contribution in [0.2, 0.25) is 0 Å². The lowest BCUT2D eigenvalue weighted by Gasteiger charge is -2.19. The third-order valence-electron chi connectivity index (χ3n) is 6.88. The van der Waals surface area contributed by atoms with E-state index >= 15 is 0 Å². The molecule has 1 atom stereocenters. The van der Waals surface area contributed by atoms with Gasteiger partial charge in [0.2, 0.25) is 15.9 Å². The minimum atomic E-state index is -3.86. The Balaban J connectivity index is 1.75. The van der Waals surface area contributed by atoms with Crippen LogP contribution in [0.1, 0.15) is 40.5 Å². The lowest BCUT2D eigenvalue weighted by Crippen LogP contribution is -2.32. The zero-order chi connectivity index (χ0) is 28.7. The number of nitrogens with one attached hydrogen (secondary N) is 3. The third-order valence-corrected chi connectivity index (χ3v) is 8.40. The van der Waals surface area contributed by atoms with Gasteiger partial charge in [0, 0.05) is 72.0 Å². The monoisotopic (exact) mass is 562 g/mol. The molecule has 1 amide bonds. The van der Waals surface area contributed by atoms with Crippen molar-refractivity contribution in [1.29, 1.82) is 0 Å². The van der Waals surface area contributed by atoms with Crippen LogP contribution in [-0.4, -0.2) is 40.5 Å². The topological polar surface area (TPSA) is 113 Å². The lowest BCUT2D eigenvalue weighted by atomic mass is 9.93. The first-order valence-electron chi connectivity index (χ1n) is 13.9. The van der Waals surface area contributed by atoms with Crippen LogP contribution in [-0.2, 0) is 14.8 Å². The summed E-state index contributed by atoms with van der Waals surface area (Å²) < 4.78 is 36.2. The molecule has 0 spiro atoms. The van der Waals surface area contributed by atoms with Crippen LogP contribution in [0.5, 0.6) is 0 Å². The van der Waals surface area contributed by atoms with Crippen LogP contribution in [0.4, 0.5) is 5.69 Å². The van der Waals surface area contributed by atoms with E-state index in [2.05, 4.69) is 20.3 Å². The summed E-state index contributed by atoms with van der Waals surface area (Å²) in [6.45, 7) is 9.86. The Hall–Kier alpha value is -3.69. The molecule has 2 aromatic rings. The first-order valence-corrected chi connectivity index (χ1v) is 15.4. The van der Waals surface area contributed by atoms with Gasteiger partial charge in [-0.2, -0.15) is 0 Å². The summed E-state index contributed by atoms with van der Waals surface area (Å²) in [6, 6.07) is 18.7. The fourth-order valence-electron chi connectivity index (χ4n) is 4.62. The molecule has 2 aliphatic rings. The largest absolute Gasteiger partial charge is 0.456 e. The number of amides is 1. The zero-order valence-electron chi connectivity index (χ0n) is 23.6. The Kier molecular flexibility index (Phi) is 9.60. The molecule has 212 valence electrons. The molecule has 4 rings (SSSR count). The SMILES string of the molecule is CC/N=c1\ccc2c(-c3ccccc3S(=O)(=O)NCCCNC(=O)C(C)CC)c3ccc(NCC)cc3oc-2c1. The van der Waals surface area contributed by atoms with Crippen LogP contribution in [0, 0.1) is 5.92 Å². The third kappa shape index (κ3) is 6.54. The van der Waals surface area contributed by atoms with Crippen LogP contribution in [0.15, 0.2) is 75.0 Å². The molecule has 1 aliphatic carbocycles. The summed E-state index contributed by atoms with van der Waals surface area (Å²) in [6.07, 6.45) is 1.24. The summed E-state index contributed by atoms with van der Waals surface area (Å²) >= 11 is 0. The minimum Gasteiger partial charge on any atom is -0.456 e. The molecule has 40 heavy (non-hydrogen) atoms. The Bertz CT molecular complexity index is 1630. The predicted octanol–water partition coefficient (Wildman–Crippen LogP) is 5.39. The van der Waals surface area contributed by atoms with E-state index in [-0.39, 0.29) is 23.3 Å². The summed E-state index contributed by atoms with van der Waals surface area (Å²) in [5.41, 5.74) is 3.73. The molecular weight excluding hydrogens is 524 g/mol. The molecule has 8 nitrogen and oxygen atoms in total. The average molecular weight is 563 g/mol. The van der Waals surface area contributed by atoms with Crippen molar-refractivity contribution in [2.24, 2.45) is 10.9 Å². The van der Waals surface area contributed by atoms with E-state index in [4.69, 9.17) is 4.42 Å². The van der Waals surface area contributed by atoms with Gasteiger partial charge in [0.1, 0.15) is 11.3 Å². The first-order chi connectivity index (χ1) is 19.3. The molecule has 1 unspecified atom stereocenters. The van der Waals surface area contributed by atoms with E-state index in [1.807, 2.05) is 76.2 Å². The highest BCUT2D eigenvalue weighted by Gasteiger charge is 2.24. The molecule has 3 N–H and O–H groups in total. The Labute approximate surface area is 236 Å². The Morgan fingerprint density at radius 1 is 0.975 bits per heavy atom. The van der Waals surface area contributed by atoms with E-state index in [0.29, 0.717) is 36.4 Å². The fourth-order valence-corrected chi connectivity index (χ4v) is 5.90. The van der Waals surface area contributed by atoms with Crippen molar-refractivity contribution in [3.63, 3.8) is 0 Å². The fraction of sp³-hybridized carbons (Fsp3) is 0.355. The second-order valence-electron chi connectivity index (χ2n) is 9.72. The van der Waals surface area contributed by atoms with Gasteiger partial charge < -0.3 is 15.1 Å². The van der Waals surface area contributed by atoms with Crippen molar-refractivity contribution in [2.45, 2.75) is 45.4 Å². The number of hydrogen-bond donors (Lipinski definition) is 3. The van der Waals surface area contributed by atoms with Crippen molar-refractivity contribution >= 4 is 32.6 Å². The summed E-state index contributed by atoms with van der Waals surface area (Å²) in [7, 11) is -3.86. The van der Waals surface area contributed by atoms with Gasteiger partial charge in [0.25, 0.3) is 0 Å². The smallest absolute Gasteiger partial charge is 0.241 e. The maximum absolute atomic E-state index is 13.6. The second-order valence-corrected chi connectivity index (χ2v) is 11.5. The van der Waals surface area contributed by atoms with Crippen molar-refractivity contribution in [2.75, 3.05) is 31.5 Å². The summed E-state index contributed by atoms with van der Waals surface area (Å²) in [5.74, 6) is 0.547. The maximum atomic E-state index is 13.6. The molecule has 0 fully saturated rings. The minimum absolute atomic E-state index is 0.0175. The molecule has 1 aliphatic heterocycles. The molecule has 2 aromatic carbocycles. The normalized spacial score (nSPS) is 13.1. The van der Waals surface area contributed by atoms with Crippen LogP contribution >= 0.6 is 0 Å². The van der Waals surface area contributed by atoms with Gasteiger partial charge in [-0.15, -0.1) is 0 Å². The number of rotatable bonds is 12. The number of anilines is 1.